The topological polar surface area (TPSA) is 92.8 Å². The Balaban J connectivity index is 1.48. The van der Waals surface area contributed by atoms with E-state index in [1.807, 2.05) is 12.2 Å². The van der Waals surface area contributed by atoms with Crippen LogP contribution in [0.3, 0.4) is 0 Å². The third-order valence-corrected chi connectivity index (χ3v) is 4.94. The zero-order valence-electron chi connectivity index (χ0n) is 15.4. The molecule has 3 atom stereocenters. The predicted molar refractivity (Wildman–Crippen MR) is 95.9 cm³/mol. The highest BCUT2D eigenvalue weighted by Gasteiger charge is 2.47. The molecule has 1 aromatic carbocycles. The second-order valence-electron chi connectivity index (χ2n) is 6.89. The van der Waals surface area contributed by atoms with Crippen molar-refractivity contribution in [2.75, 3.05) is 6.54 Å². The zero-order chi connectivity index (χ0) is 20.3. The van der Waals surface area contributed by atoms with Crippen LogP contribution < -0.4 is 5.32 Å². The van der Waals surface area contributed by atoms with Crippen molar-refractivity contribution in [3.8, 4) is 0 Å². The summed E-state index contributed by atoms with van der Waals surface area (Å²) in [6.45, 7) is 1.05. The Hall–Kier alpha value is -3.03. The monoisotopic (exact) mass is 388 g/mol. The van der Waals surface area contributed by atoms with E-state index in [1.54, 1.807) is 0 Å². The average molecular weight is 388 g/mol. The van der Waals surface area contributed by atoms with Crippen molar-refractivity contribution < 1.29 is 28.3 Å². The van der Waals surface area contributed by atoms with Crippen molar-refractivity contribution in [3.05, 3.63) is 47.8 Å². The Morgan fingerprint density at radius 2 is 1.71 bits per heavy atom. The molecule has 1 fully saturated rings. The summed E-state index contributed by atoms with van der Waals surface area (Å²) in [5.74, 6) is -3.30. The number of esters is 1. The van der Waals surface area contributed by atoms with E-state index < -0.39 is 36.4 Å². The van der Waals surface area contributed by atoms with Gasteiger partial charge >= 0.3 is 5.97 Å². The maximum absolute atomic E-state index is 12.9. The molecule has 1 aliphatic heterocycles. The summed E-state index contributed by atoms with van der Waals surface area (Å²) in [6.07, 6.45) is 3.61. The molecule has 28 heavy (non-hydrogen) atoms. The van der Waals surface area contributed by atoms with E-state index in [0.717, 1.165) is 4.90 Å². The molecule has 1 aromatic rings. The molecule has 0 saturated carbocycles. The van der Waals surface area contributed by atoms with Gasteiger partial charge in [0.15, 0.2) is 6.10 Å². The number of carbonyl (C=O) groups is 4. The second kappa shape index (κ2) is 8.33. The molecule has 0 spiro atoms. The number of amides is 3. The highest BCUT2D eigenvalue weighted by atomic mass is 19.1. The summed E-state index contributed by atoms with van der Waals surface area (Å²) in [4.78, 5) is 49.8. The lowest BCUT2D eigenvalue weighted by Gasteiger charge is -2.17. The van der Waals surface area contributed by atoms with Gasteiger partial charge in [0.1, 0.15) is 12.4 Å². The normalized spacial score (nSPS) is 22.0. The molecule has 7 nitrogen and oxygen atoms in total. The predicted octanol–water partition coefficient (Wildman–Crippen LogP) is 1.32. The number of halogens is 1. The van der Waals surface area contributed by atoms with Crippen molar-refractivity contribution in [2.24, 2.45) is 11.8 Å². The minimum Gasteiger partial charge on any atom is -0.451 e. The quantitative estimate of drug-likeness (QED) is 0.451. The molecular weight excluding hydrogens is 367 g/mol. The minimum atomic E-state index is -1.09. The number of rotatable bonds is 6. The molecule has 1 N–H and O–H groups in total. The van der Waals surface area contributed by atoms with Crippen molar-refractivity contribution >= 4 is 23.7 Å². The number of benzene rings is 1. The molecule has 1 saturated heterocycles. The number of nitrogens with one attached hydrogen (secondary N) is 1. The van der Waals surface area contributed by atoms with E-state index in [2.05, 4.69) is 5.32 Å². The first-order valence-electron chi connectivity index (χ1n) is 9.08. The zero-order valence-corrected chi connectivity index (χ0v) is 15.4. The number of imide groups is 1. The fourth-order valence-corrected chi connectivity index (χ4v) is 3.38. The molecule has 0 bridgehead atoms. The number of fused-ring (bicyclic) bond motifs is 1. The lowest BCUT2D eigenvalue weighted by molar-refractivity contribution is -0.159. The Labute approximate surface area is 161 Å². The van der Waals surface area contributed by atoms with Crippen molar-refractivity contribution in [1.82, 2.24) is 10.2 Å². The molecule has 3 rings (SSSR count). The van der Waals surface area contributed by atoms with Gasteiger partial charge in [-0.15, -0.1) is 0 Å². The molecule has 3 amide bonds. The van der Waals surface area contributed by atoms with Gasteiger partial charge in [-0.05, 0) is 37.5 Å². The summed E-state index contributed by atoms with van der Waals surface area (Å²) in [6, 6.07) is 5.63. The first-order chi connectivity index (χ1) is 13.4. The molecule has 0 aromatic heterocycles. The number of hydrogen-bond donors (Lipinski definition) is 1. The second-order valence-corrected chi connectivity index (χ2v) is 6.89. The highest BCUT2D eigenvalue weighted by molar-refractivity contribution is 6.07. The summed E-state index contributed by atoms with van der Waals surface area (Å²) in [5, 5.41) is 2.58. The highest BCUT2D eigenvalue weighted by Crippen LogP contribution is 2.34. The Bertz CT molecular complexity index is 794. The third-order valence-electron chi connectivity index (χ3n) is 4.94. The maximum atomic E-state index is 12.9. The van der Waals surface area contributed by atoms with Crippen LogP contribution in [0.4, 0.5) is 4.39 Å². The standard InChI is InChI=1S/C20H21FN2O5/c1-12(18(25)22-10-13-6-8-14(21)9-7-13)28-17(24)11-23-19(26)15-4-2-3-5-16(15)20(23)27/h2-3,6-9,12,15-16H,4-5,10-11H2,1H3,(H,22,25)/t12-,15+,16+/m1/s1. The Kier molecular flexibility index (Phi) is 5.87. The van der Waals surface area contributed by atoms with Crippen molar-refractivity contribution in [3.63, 3.8) is 0 Å². The van der Waals surface area contributed by atoms with Crippen LogP contribution in [-0.2, 0) is 30.5 Å². The van der Waals surface area contributed by atoms with E-state index in [-0.39, 0.29) is 24.2 Å². The first kappa shape index (κ1) is 19.7. The molecular formula is C20H21FN2O5. The smallest absolute Gasteiger partial charge is 0.326 e. The molecule has 8 heteroatoms. The minimum absolute atomic E-state index is 0.153. The van der Waals surface area contributed by atoms with Crippen LogP contribution in [0.2, 0.25) is 0 Å². The molecule has 148 valence electrons. The number of allylic oxidation sites excluding steroid dienone is 2. The Morgan fingerprint density at radius 1 is 1.14 bits per heavy atom. The van der Waals surface area contributed by atoms with Crippen molar-refractivity contribution in [2.45, 2.75) is 32.4 Å². The van der Waals surface area contributed by atoms with Gasteiger partial charge in [0.2, 0.25) is 11.8 Å². The van der Waals surface area contributed by atoms with E-state index >= 15 is 0 Å². The van der Waals surface area contributed by atoms with Crippen LogP contribution in [-0.4, -0.2) is 41.2 Å². The lowest BCUT2D eigenvalue weighted by Crippen LogP contribution is -2.40. The number of likely N-dealkylation sites (tertiary alicyclic amines) is 1. The fraction of sp³-hybridized carbons (Fsp3) is 0.400. The lowest BCUT2D eigenvalue weighted by atomic mass is 9.85. The number of carbonyl (C=O) groups excluding carboxylic acids is 4. The SMILES string of the molecule is C[C@@H](OC(=O)CN1C(=O)[C@H]2CC=CC[C@@H]2C1=O)C(=O)NCc1ccc(F)cc1. The van der Waals surface area contributed by atoms with Crippen LogP contribution in [0.5, 0.6) is 0 Å². The van der Waals surface area contributed by atoms with Gasteiger partial charge in [-0.2, -0.15) is 0 Å². The molecule has 2 aliphatic rings. The fourth-order valence-electron chi connectivity index (χ4n) is 3.38. The Morgan fingerprint density at radius 3 is 2.29 bits per heavy atom. The summed E-state index contributed by atoms with van der Waals surface area (Å²) in [7, 11) is 0. The number of ether oxygens (including phenoxy) is 1. The van der Waals surface area contributed by atoms with Gasteiger partial charge in [-0.25, -0.2) is 4.39 Å². The van der Waals surface area contributed by atoms with Gasteiger partial charge in [0.25, 0.3) is 5.91 Å². The van der Waals surface area contributed by atoms with Gasteiger partial charge in [-0.3, -0.25) is 24.1 Å². The van der Waals surface area contributed by atoms with E-state index in [9.17, 15) is 23.6 Å². The molecule has 1 aliphatic carbocycles. The third kappa shape index (κ3) is 4.27. The van der Waals surface area contributed by atoms with Gasteiger partial charge in [-0.1, -0.05) is 24.3 Å². The molecule has 0 unspecified atom stereocenters. The summed E-state index contributed by atoms with van der Waals surface area (Å²) < 4.78 is 17.9. The van der Waals surface area contributed by atoms with Crippen LogP contribution in [0, 0.1) is 17.7 Å². The molecule has 0 radical (unpaired) electrons. The van der Waals surface area contributed by atoms with E-state index in [4.69, 9.17) is 4.74 Å². The van der Waals surface area contributed by atoms with Gasteiger partial charge < -0.3 is 10.1 Å². The van der Waals surface area contributed by atoms with Crippen molar-refractivity contribution in [1.29, 1.82) is 0 Å². The van der Waals surface area contributed by atoms with Crippen LogP contribution >= 0.6 is 0 Å². The van der Waals surface area contributed by atoms with Gasteiger partial charge in [0.05, 0.1) is 11.8 Å². The maximum Gasteiger partial charge on any atom is 0.326 e. The van der Waals surface area contributed by atoms with Gasteiger partial charge in [0, 0.05) is 6.54 Å². The average Bonchev–Trinajstić information content (AvgIpc) is 2.92. The molecule has 1 heterocycles. The van der Waals surface area contributed by atoms with E-state index in [0.29, 0.717) is 18.4 Å². The summed E-state index contributed by atoms with van der Waals surface area (Å²) >= 11 is 0. The first-order valence-corrected chi connectivity index (χ1v) is 9.08. The van der Waals surface area contributed by atoms with Crippen LogP contribution in [0.1, 0.15) is 25.3 Å². The number of nitrogens with zero attached hydrogens (tertiary/aromatic N) is 1. The summed E-state index contributed by atoms with van der Waals surface area (Å²) in [5.41, 5.74) is 0.692. The van der Waals surface area contributed by atoms with Crippen LogP contribution in [0.25, 0.3) is 0 Å². The number of hydrogen-bond acceptors (Lipinski definition) is 5. The van der Waals surface area contributed by atoms with Crippen LogP contribution in [0.15, 0.2) is 36.4 Å². The van der Waals surface area contributed by atoms with E-state index in [1.165, 1.54) is 31.2 Å². The largest absolute Gasteiger partial charge is 0.451 e.